The Morgan fingerprint density at radius 3 is 2.33 bits per heavy atom. The van der Waals surface area contributed by atoms with E-state index < -0.39 is 0 Å². The standard InChI is InChI=1S/C24H21BrN4O/c1-15-7-13-20(14-8-15)29-23(18-9-11-19(25)12-10-18)27-22(28-29)24(30)26-21-6-4-5-16(2)17(21)3/h4-14H,1-3H3,(H,26,30). The van der Waals surface area contributed by atoms with Crippen molar-refractivity contribution in [2.75, 3.05) is 5.32 Å². The van der Waals surface area contributed by atoms with E-state index in [4.69, 9.17) is 0 Å². The fourth-order valence-corrected chi connectivity index (χ4v) is 3.39. The zero-order valence-corrected chi connectivity index (χ0v) is 18.6. The van der Waals surface area contributed by atoms with Gasteiger partial charge in [-0.1, -0.05) is 57.9 Å². The minimum Gasteiger partial charge on any atom is -0.319 e. The quantitative estimate of drug-likeness (QED) is 0.413. The Balaban J connectivity index is 1.76. The van der Waals surface area contributed by atoms with Crippen molar-refractivity contribution < 1.29 is 4.79 Å². The molecule has 0 bridgehead atoms. The number of nitrogens with zero attached hydrogens (tertiary/aromatic N) is 3. The Kier molecular flexibility index (Phi) is 5.50. The van der Waals surface area contributed by atoms with Gasteiger partial charge < -0.3 is 5.32 Å². The molecule has 0 unspecified atom stereocenters. The van der Waals surface area contributed by atoms with Crippen LogP contribution in [0.2, 0.25) is 0 Å². The van der Waals surface area contributed by atoms with Crippen LogP contribution in [0, 0.1) is 20.8 Å². The van der Waals surface area contributed by atoms with Crippen molar-refractivity contribution >= 4 is 27.5 Å². The lowest BCUT2D eigenvalue weighted by Crippen LogP contribution is -2.15. The molecular formula is C24H21BrN4O. The van der Waals surface area contributed by atoms with E-state index in [1.54, 1.807) is 4.68 Å². The maximum atomic E-state index is 13.0. The summed E-state index contributed by atoms with van der Waals surface area (Å²) in [5.74, 6) is 0.389. The second-order valence-electron chi connectivity index (χ2n) is 7.21. The Morgan fingerprint density at radius 1 is 0.933 bits per heavy atom. The summed E-state index contributed by atoms with van der Waals surface area (Å²) in [5.41, 5.74) is 5.76. The zero-order valence-electron chi connectivity index (χ0n) is 17.0. The number of rotatable bonds is 4. The van der Waals surface area contributed by atoms with Gasteiger partial charge in [-0.25, -0.2) is 9.67 Å². The fourth-order valence-electron chi connectivity index (χ4n) is 3.12. The molecule has 150 valence electrons. The molecule has 0 saturated carbocycles. The van der Waals surface area contributed by atoms with Crippen molar-refractivity contribution in [1.82, 2.24) is 14.8 Å². The minimum absolute atomic E-state index is 0.120. The largest absolute Gasteiger partial charge is 0.319 e. The second-order valence-corrected chi connectivity index (χ2v) is 8.13. The van der Waals surface area contributed by atoms with E-state index in [2.05, 4.69) is 31.3 Å². The molecule has 4 aromatic rings. The van der Waals surface area contributed by atoms with Gasteiger partial charge in [-0.2, -0.15) is 0 Å². The molecular weight excluding hydrogens is 440 g/mol. The van der Waals surface area contributed by atoms with E-state index in [1.165, 1.54) is 0 Å². The van der Waals surface area contributed by atoms with Gasteiger partial charge >= 0.3 is 0 Å². The predicted molar refractivity (Wildman–Crippen MR) is 123 cm³/mol. The molecule has 0 aliphatic rings. The zero-order chi connectivity index (χ0) is 21.3. The molecule has 0 saturated heterocycles. The topological polar surface area (TPSA) is 59.8 Å². The van der Waals surface area contributed by atoms with Crippen molar-refractivity contribution in [3.8, 4) is 17.1 Å². The van der Waals surface area contributed by atoms with Crippen LogP contribution in [0.5, 0.6) is 0 Å². The molecule has 1 heterocycles. The third kappa shape index (κ3) is 4.04. The van der Waals surface area contributed by atoms with Gasteiger partial charge in [0.05, 0.1) is 5.69 Å². The first-order chi connectivity index (χ1) is 14.4. The number of nitrogens with one attached hydrogen (secondary N) is 1. The van der Waals surface area contributed by atoms with Crippen LogP contribution in [0.3, 0.4) is 0 Å². The number of carbonyl (C=O) groups excluding carboxylic acids is 1. The van der Waals surface area contributed by atoms with Crippen LogP contribution >= 0.6 is 15.9 Å². The third-order valence-electron chi connectivity index (χ3n) is 5.04. The SMILES string of the molecule is Cc1ccc(-n2nc(C(=O)Nc3cccc(C)c3C)nc2-c2ccc(Br)cc2)cc1. The number of amides is 1. The molecule has 6 heteroatoms. The van der Waals surface area contributed by atoms with E-state index >= 15 is 0 Å². The molecule has 0 fully saturated rings. The van der Waals surface area contributed by atoms with Crippen LogP contribution in [-0.4, -0.2) is 20.7 Å². The molecule has 3 aromatic carbocycles. The fraction of sp³-hybridized carbons (Fsp3) is 0.125. The first-order valence-electron chi connectivity index (χ1n) is 9.60. The number of anilines is 1. The molecule has 4 rings (SSSR count). The van der Waals surface area contributed by atoms with Crippen LogP contribution in [0.25, 0.3) is 17.1 Å². The molecule has 0 radical (unpaired) electrons. The third-order valence-corrected chi connectivity index (χ3v) is 5.57. The summed E-state index contributed by atoms with van der Waals surface area (Å²) >= 11 is 3.46. The Hall–Kier alpha value is -3.25. The number of aromatic nitrogens is 3. The number of hydrogen-bond donors (Lipinski definition) is 1. The van der Waals surface area contributed by atoms with Crippen molar-refractivity contribution in [3.63, 3.8) is 0 Å². The molecule has 30 heavy (non-hydrogen) atoms. The van der Waals surface area contributed by atoms with Crippen LogP contribution < -0.4 is 5.32 Å². The van der Waals surface area contributed by atoms with Gasteiger partial charge in [0.1, 0.15) is 0 Å². The second kappa shape index (κ2) is 8.24. The number of carbonyl (C=O) groups is 1. The molecule has 1 aromatic heterocycles. The molecule has 1 amide bonds. The van der Waals surface area contributed by atoms with Crippen LogP contribution in [0.1, 0.15) is 27.3 Å². The van der Waals surface area contributed by atoms with Gasteiger partial charge in [0.15, 0.2) is 5.82 Å². The summed E-state index contributed by atoms with van der Waals surface area (Å²) in [6, 6.07) is 21.6. The van der Waals surface area contributed by atoms with E-state index in [0.29, 0.717) is 5.82 Å². The molecule has 0 aliphatic heterocycles. The van der Waals surface area contributed by atoms with Crippen LogP contribution in [0.15, 0.2) is 71.2 Å². The van der Waals surface area contributed by atoms with E-state index in [0.717, 1.165) is 38.1 Å². The van der Waals surface area contributed by atoms with Gasteiger partial charge in [0.2, 0.25) is 5.82 Å². The lowest BCUT2D eigenvalue weighted by atomic mass is 10.1. The Labute approximate surface area is 183 Å². The number of benzene rings is 3. The van der Waals surface area contributed by atoms with Crippen LogP contribution in [0.4, 0.5) is 5.69 Å². The highest BCUT2D eigenvalue weighted by Crippen LogP contribution is 2.24. The molecule has 0 atom stereocenters. The number of halogens is 1. The molecule has 5 nitrogen and oxygen atoms in total. The Bertz CT molecular complexity index is 1150. The average Bonchev–Trinajstić information content (AvgIpc) is 3.18. The molecule has 0 spiro atoms. The number of hydrogen-bond acceptors (Lipinski definition) is 3. The Morgan fingerprint density at radius 2 is 1.63 bits per heavy atom. The van der Waals surface area contributed by atoms with Crippen molar-refractivity contribution in [1.29, 1.82) is 0 Å². The summed E-state index contributed by atoms with van der Waals surface area (Å²) < 4.78 is 2.68. The molecule has 1 N–H and O–H groups in total. The summed E-state index contributed by atoms with van der Waals surface area (Å²) in [7, 11) is 0. The van der Waals surface area contributed by atoms with E-state index in [9.17, 15) is 4.79 Å². The highest BCUT2D eigenvalue weighted by molar-refractivity contribution is 9.10. The lowest BCUT2D eigenvalue weighted by molar-refractivity contribution is 0.101. The highest BCUT2D eigenvalue weighted by atomic mass is 79.9. The van der Waals surface area contributed by atoms with Gasteiger partial charge in [-0.3, -0.25) is 4.79 Å². The van der Waals surface area contributed by atoms with Gasteiger partial charge in [-0.15, -0.1) is 5.10 Å². The van der Waals surface area contributed by atoms with Crippen molar-refractivity contribution in [2.45, 2.75) is 20.8 Å². The summed E-state index contributed by atoms with van der Waals surface area (Å²) in [5, 5.41) is 7.48. The summed E-state index contributed by atoms with van der Waals surface area (Å²) in [6.45, 7) is 6.03. The lowest BCUT2D eigenvalue weighted by Gasteiger charge is -2.08. The maximum absolute atomic E-state index is 13.0. The summed E-state index contributed by atoms with van der Waals surface area (Å²) in [6.07, 6.45) is 0. The monoisotopic (exact) mass is 460 g/mol. The van der Waals surface area contributed by atoms with Crippen molar-refractivity contribution in [2.24, 2.45) is 0 Å². The first-order valence-corrected chi connectivity index (χ1v) is 10.4. The van der Waals surface area contributed by atoms with E-state index in [-0.39, 0.29) is 11.7 Å². The first kappa shape index (κ1) is 20.0. The van der Waals surface area contributed by atoms with E-state index in [1.807, 2.05) is 87.5 Å². The maximum Gasteiger partial charge on any atom is 0.295 e. The van der Waals surface area contributed by atoms with Gasteiger partial charge in [-0.05, 0) is 62.2 Å². The smallest absolute Gasteiger partial charge is 0.295 e. The normalized spacial score (nSPS) is 10.8. The minimum atomic E-state index is -0.340. The van der Waals surface area contributed by atoms with Gasteiger partial charge in [0.25, 0.3) is 5.91 Å². The van der Waals surface area contributed by atoms with Gasteiger partial charge in [0, 0.05) is 15.7 Å². The predicted octanol–water partition coefficient (Wildman–Crippen LogP) is 5.87. The molecule has 0 aliphatic carbocycles. The highest BCUT2D eigenvalue weighted by Gasteiger charge is 2.19. The summed E-state index contributed by atoms with van der Waals surface area (Å²) in [4.78, 5) is 17.5. The number of aryl methyl sites for hydroxylation is 2. The van der Waals surface area contributed by atoms with Crippen LogP contribution in [-0.2, 0) is 0 Å². The average molecular weight is 461 g/mol. The van der Waals surface area contributed by atoms with Crippen molar-refractivity contribution in [3.05, 3.63) is 93.7 Å².